The molecule has 0 radical (unpaired) electrons. The van der Waals surface area contributed by atoms with E-state index in [1.54, 1.807) is 18.2 Å². The molecule has 0 heterocycles. The van der Waals surface area contributed by atoms with Gasteiger partial charge in [-0.25, -0.2) is 0 Å². The van der Waals surface area contributed by atoms with Gasteiger partial charge in [-0.05, 0) is 34.5 Å². The fourth-order valence-corrected chi connectivity index (χ4v) is 2.50. The number of rotatable bonds is 4. The summed E-state index contributed by atoms with van der Waals surface area (Å²) in [5.74, 6) is 0.173. The number of methoxy groups -OCH3 is 1. The zero-order valence-corrected chi connectivity index (χ0v) is 12.7. The zero-order valence-electron chi connectivity index (χ0n) is 12.7. The van der Waals surface area contributed by atoms with E-state index in [1.807, 2.05) is 42.5 Å². The van der Waals surface area contributed by atoms with E-state index in [0.717, 1.165) is 16.3 Å². The molecular weight excluding hydrogens is 288 g/mol. The Morgan fingerprint density at radius 3 is 2.61 bits per heavy atom. The number of aromatic hydroxyl groups is 1. The third kappa shape index (κ3) is 3.09. The molecule has 0 atom stereocenters. The zero-order chi connectivity index (χ0) is 16.2. The Bertz CT molecular complexity index is 889. The summed E-state index contributed by atoms with van der Waals surface area (Å²) in [6.45, 7) is 0. The van der Waals surface area contributed by atoms with Gasteiger partial charge in [0.1, 0.15) is 11.5 Å². The summed E-state index contributed by atoms with van der Waals surface area (Å²) in [5.41, 5.74) is 1.21. The van der Waals surface area contributed by atoms with E-state index in [0.29, 0.717) is 5.75 Å². The van der Waals surface area contributed by atoms with Gasteiger partial charge in [0, 0.05) is 6.07 Å². The van der Waals surface area contributed by atoms with Crippen LogP contribution in [0.1, 0.15) is 15.9 Å². The molecule has 0 aromatic heterocycles. The van der Waals surface area contributed by atoms with Crippen molar-refractivity contribution in [1.29, 1.82) is 0 Å². The largest absolute Gasteiger partial charge is 0.507 e. The topological polar surface area (TPSA) is 46.5 Å². The maximum absolute atomic E-state index is 12.3. The van der Waals surface area contributed by atoms with Crippen LogP contribution in [0.25, 0.3) is 16.8 Å². The van der Waals surface area contributed by atoms with Crippen LogP contribution >= 0.6 is 0 Å². The van der Waals surface area contributed by atoms with Gasteiger partial charge in [0.05, 0.1) is 12.7 Å². The van der Waals surface area contributed by atoms with Crippen molar-refractivity contribution in [2.24, 2.45) is 0 Å². The summed E-state index contributed by atoms with van der Waals surface area (Å²) >= 11 is 0. The van der Waals surface area contributed by atoms with Crippen LogP contribution in [-0.4, -0.2) is 18.0 Å². The average molecular weight is 304 g/mol. The lowest BCUT2D eigenvalue weighted by atomic mass is 10.0. The van der Waals surface area contributed by atoms with E-state index >= 15 is 0 Å². The van der Waals surface area contributed by atoms with Gasteiger partial charge in [-0.2, -0.15) is 0 Å². The minimum absolute atomic E-state index is 0.0862. The van der Waals surface area contributed by atoms with Crippen LogP contribution in [-0.2, 0) is 0 Å². The molecule has 0 saturated carbocycles. The van der Waals surface area contributed by atoms with Crippen LogP contribution in [0.3, 0.4) is 0 Å². The summed E-state index contributed by atoms with van der Waals surface area (Å²) in [7, 11) is 1.51. The Labute approximate surface area is 134 Å². The van der Waals surface area contributed by atoms with Crippen molar-refractivity contribution >= 4 is 22.6 Å². The summed E-state index contributed by atoms with van der Waals surface area (Å²) < 4.78 is 5.02. The van der Waals surface area contributed by atoms with Gasteiger partial charge in [0.2, 0.25) is 0 Å². The summed E-state index contributed by atoms with van der Waals surface area (Å²) in [4.78, 5) is 12.3. The highest BCUT2D eigenvalue weighted by Crippen LogP contribution is 2.25. The van der Waals surface area contributed by atoms with Crippen LogP contribution in [0.15, 0.2) is 66.7 Å². The van der Waals surface area contributed by atoms with Gasteiger partial charge < -0.3 is 9.84 Å². The van der Waals surface area contributed by atoms with E-state index in [2.05, 4.69) is 0 Å². The van der Waals surface area contributed by atoms with Crippen molar-refractivity contribution in [3.05, 3.63) is 77.9 Å². The van der Waals surface area contributed by atoms with Crippen molar-refractivity contribution in [2.45, 2.75) is 0 Å². The Balaban J connectivity index is 1.91. The van der Waals surface area contributed by atoms with E-state index in [9.17, 15) is 9.90 Å². The molecule has 0 fully saturated rings. The lowest BCUT2D eigenvalue weighted by Crippen LogP contribution is -1.95. The number of ether oxygens (including phenoxy) is 1. The first-order valence-corrected chi connectivity index (χ1v) is 7.26. The van der Waals surface area contributed by atoms with Crippen molar-refractivity contribution in [3.63, 3.8) is 0 Å². The van der Waals surface area contributed by atoms with Crippen molar-refractivity contribution in [1.82, 2.24) is 0 Å². The number of carbonyl (C=O) groups excluding carboxylic acids is 1. The number of hydrogen-bond acceptors (Lipinski definition) is 3. The summed E-state index contributed by atoms with van der Waals surface area (Å²) in [5, 5.41) is 12.1. The van der Waals surface area contributed by atoms with Crippen LogP contribution < -0.4 is 4.74 Å². The fourth-order valence-electron chi connectivity index (χ4n) is 2.50. The molecule has 0 bridgehead atoms. The Morgan fingerprint density at radius 1 is 1.04 bits per heavy atom. The third-order valence-electron chi connectivity index (χ3n) is 3.71. The first-order chi connectivity index (χ1) is 11.2. The standard InChI is InChI=1S/C20H16O3/c1-23-16-10-11-18(20(22)13-16)19(21)12-9-15-7-4-6-14-5-2-3-8-17(14)15/h2-13,22H,1H3/b12-9+. The van der Waals surface area contributed by atoms with Crippen LogP contribution in [0, 0.1) is 0 Å². The fraction of sp³-hybridized carbons (Fsp3) is 0.0500. The van der Waals surface area contributed by atoms with Crippen molar-refractivity contribution in [2.75, 3.05) is 7.11 Å². The summed E-state index contributed by atoms with van der Waals surface area (Å²) in [6.07, 6.45) is 3.25. The molecule has 3 aromatic carbocycles. The number of allylic oxidation sites excluding steroid dienone is 1. The van der Waals surface area contributed by atoms with E-state index < -0.39 is 0 Å². The maximum atomic E-state index is 12.3. The second-order valence-electron chi connectivity index (χ2n) is 5.15. The highest BCUT2D eigenvalue weighted by molar-refractivity contribution is 6.09. The SMILES string of the molecule is COc1ccc(C(=O)/C=C/c2cccc3ccccc23)c(O)c1. The molecule has 0 saturated heterocycles. The van der Waals surface area contributed by atoms with E-state index in [1.165, 1.54) is 19.3 Å². The molecule has 3 aromatic rings. The molecule has 114 valence electrons. The first-order valence-electron chi connectivity index (χ1n) is 7.26. The van der Waals surface area contributed by atoms with Gasteiger partial charge in [-0.1, -0.05) is 48.5 Å². The third-order valence-corrected chi connectivity index (χ3v) is 3.71. The first kappa shape index (κ1) is 14.9. The predicted molar refractivity (Wildman–Crippen MR) is 92.0 cm³/mol. The monoisotopic (exact) mass is 304 g/mol. The highest BCUT2D eigenvalue weighted by Gasteiger charge is 2.09. The molecule has 0 spiro atoms. The number of benzene rings is 3. The molecule has 3 nitrogen and oxygen atoms in total. The second-order valence-corrected chi connectivity index (χ2v) is 5.15. The summed E-state index contributed by atoms with van der Waals surface area (Å²) in [6, 6.07) is 18.6. The number of hydrogen-bond donors (Lipinski definition) is 1. The van der Waals surface area contributed by atoms with Gasteiger partial charge >= 0.3 is 0 Å². The molecule has 0 aliphatic heterocycles. The smallest absolute Gasteiger partial charge is 0.189 e. The second kappa shape index (κ2) is 6.36. The molecule has 23 heavy (non-hydrogen) atoms. The minimum Gasteiger partial charge on any atom is -0.507 e. The van der Waals surface area contributed by atoms with Crippen LogP contribution in [0.4, 0.5) is 0 Å². The molecule has 1 N–H and O–H groups in total. The number of phenolic OH excluding ortho intramolecular Hbond substituents is 1. The Hall–Kier alpha value is -3.07. The Morgan fingerprint density at radius 2 is 1.83 bits per heavy atom. The number of ketones is 1. The Kier molecular flexibility index (Phi) is 4.11. The van der Waals surface area contributed by atoms with Crippen LogP contribution in [0.5, 0.6) is 11.5 Å². The number of fused-ring (bicyclic) bond motifs is 1. The minimum atomic E-state index is -0.252. The van der Waals surface area contributed by atoms with E-state index in [4.69, 9.17) is 4.74 Å². The molecule has 0 amide bonds. The maximum Gasteiger partial charge on any atom is 0.189 e. The van der Waals surface area contributed by atoms with Gasteiger partial charge in [-0.3, -0.25) is 4.79 Å². The number of phenols is 1. The van der Waals surface area contributed by atoms with Crippen molar-refractivity contribution < 1.29 is 14.6 Å². The van der Waals surface area contributed by atoms with Gasteiger partial charge in [-0.15, -0.1) is 0 Å². The quantitative estimate of drug-likeness (QED) is 0.572. The lowest BCUT2D eigenvalue weighted by Gasteiger charge is -2.04. The van der Waals surface area contributed by atoms with Crippen molar-refractivity contribution in [3.8, 4) is 11.5 Å². The van der Waals surface area contributed by atoms with Gasteiger partial charge in [0.25, 0.3) is 0 Å². The predicted octanol–water partition coefficient (Wildman–Crippen LogP) is 4.45. The molecule has 0 unspecified atom stereocenters. The average Bonchev–Trinajstić information content (AvgIpc) is 2.59. The van der Waals surface area contributed by atoms with Crippen LogP contribution in [0.2, 0.25) is 0 Å². The number of carbonyl (C=O) groups is 1. The molecule has 0 aliphatic rings. The molecule has 3 rings (SSSR count). The molecular formula is C20H16O3. The highest BCUT2D eigenvalue weighted by atomic mass is 16.5. The van der Waals surface area contributed by atoms with Gasteiger partial charge in [0.15, 0.2) is 5.78 Å². The lowest BCUT2D eigenvalue weighted by molar-refractivity contribution is 0.104. The molecule has 3 heteroatoms. The van der Waals surface area contributed by atoms with E-state index in [-0.39, 0.29) is 17.1 Å². The molecule has 0 aliphatic carbocycles. The normalized spacial score (nSPS) is 11.0.